The molecule has 2 N–H and O–H groups in total. The zero-order valence-corrected chi connectivity index (χ0v) is 13.8. The molecule has 1 aliphatic carbocycles. The highest BCUT2D eigenvalue weighted by atomic mass is 19.1. The summed E-state index contributed by atoms with van der Waals surface area (Å²) in [6.45, 7) is 2.03. The van der Waals surface area contributed by atoms with Gasteiger partial charge in [0.05, 0.1) is 18.4 Å². The third-order valence-electron chi connectivity index (χ3n) is 5.53. The molecule has 0 amide bonds. The molecule has 24 heavy (non-hydrogen) atoms. The van der Waals surface area contributed by atoms with E-state index in [-0.39, 0.29) is 17.9 Å². The largest absolute Gasteiger partial charge is 0.327 e. The fourth-order valence-electron chi connectivity index (χ4n) is 4.38. The van der Waals surface area contributed by atoms with Gasteiger partial charge in [-0.15, -0.1) is 0 Å². The summed E-state index contributed by atoms with van der Waals surface area (Å²) in [6.07, 6.45) is 7.77. The maximum atomic E-state index is 13.2. The molecule has 4 atom stereocenters. The number of nitrogens with two attached hydrogens (primary N) is 1. The quantitative estimate of drug-likeness (QED) is 0.939. The van der Waals surface area contributed by atoms with E-state index in [4.69, 9.17) is 5.73 Å². The van der Waals surface area contributed by atoms with Crippen LogP contribution < -0.4 is 5.73 Å². The summed E-state index contributed by atoms with van der Waals surface area (Å²) in [5, 5.41) is 8.78. The van der Waals surface area contributed by atoms with Crippen LogP contribution in [0, 0.1) is 5.82 Å². The van der Waals surface area contributed by atoms with E-state index in [2.05, 4.69) is 15.1 Å². The van der Waals surface area contributed by atoms with Crippen molar-refractivity contribution in [1.29, 1.82) is 0 Å². The highest BCUT2D eigenvalue weighted by Crippen LogP contribution is 2.43. The molecule has 1 aromatic heterocycles. The number of hydrogen-bond donors (Lipinski definition) is 1. The highest BCUT2D eigenvalue weighted by Gasteiger charge is 2.41. The second-order valence-electron chi connectivity index (χ2n) is 7.10. The molecule has 1 saturated carbocycles. The van der Waals surface area contributed by atoms with Crippen molar-refractivity contribution < 1.29 is 4.39 Å². The lowest BCUT2D eigenvalue weighted by Gasteiger charge is -2.37. The van der Waals surface area contributed by atoms with Crippen molar-refractivity contribution in [3.63, 3.8) is 0 Å². The summed E-state index contributed by atoms with van der Waals surface area (Å²) < 4.78 is 13.2. The van der Waals surface area contributed by atoms with E-state index < -0.39 is 0 Å². The van der Waals surface area contributed by atoms with Gasteiger partial charge in [-0.25, -0.2) is 4.39 Å². The Kier molecular flexibility index (Phi) is 4.33. The number of piperidine rings is 1. The van der Waals surface area contributed by atoms with Crippen LogP contribution in [0.2, 0.25) is 0 Å². The molecule has 2 aliphatic rings. The van der Waals surface area contributed by atoms with Gasteiger partial charge in [0.1, 0.15) is 5.82 Å². The smallest absolute Gasteiger partial charge is 0.123 e. The molecule has 4 unspecified atom stereocenters. The number of hydrogen-bond acceptors (Lipinski definition) is 4. The molecule has 128 valence electrons. The van der Waals surface area contributed by atoms with Crippen LogP contribution in [0.15, 0.2) is 36.7 Å². The van der Waals surface area contributed by atoms with E-state index in [1.165, 1.54) is 5.56 Å². The fourth-order valence-corrected chi connectivity index (χ4v) is 4.38. The van der Waals surface area contributed by atoms with Crippen molar-refractivity contribution in [2.45, 2.75) is 49.7 Å². The highest BCUT2D eigenvalue weighted by molar-refractivity contribution is 5.23. The zero-order chi connectivity index (χ0) is 16.5. The van der Waals surface area contributed by atoms with Gasteiger partial charge in [-0.3, -0.25) is 4.90 Å². The van der Waals surface area contributed by atoms with E-state index >= 15 is 0 Å². The Morgan fingerprint density at radius 2 is 1.75 bits per heavy atom. The average Bonchev–Trinajstić information content (AvgIpc) is 3.25. The SMILES string of the molecule is NC1CCCN(C2CC(c3ccc(F)cc3)CC2n2nccn2)C1. The average molecular weight is 329 g/mol. The van der Waals surface area contributed by atoms with E-state index in [9.17, 15) is 4.39 Å². The molecule has 2 fully saturated rings. The Morgan fingerprint density at radius 3 is 2.46 bits per heavy atom. The maximum Gasteiger partial charge on any atom is 0.123 e. The molecule has 0 spiro atoms. The minimum Gasteiger partial charge on any atom is -0.327 e. The van der Waals surface area contributed by atoms with Crippen LogP contribution >= 0.6 is 0 Å². The molecule has 2 aromatic rings. The van der Waals surface area contributed by atoms with Crippen molar-refractivity contribution in [3.8, 4) is 0 Å². The van der Waals surface area contributed by atoms with Crippen molar-refractivity contribution in [2.75, 3.05) is 13.1 Å². The van der Waals surface area contributed by atoms with Crippen molar-refractivity contribution >= 4 is 0 Å². The van der Waals surface area contributed by atoms with Crippen molar-refractivity contribution in [2.24, 2.45) is 5.73 Å². The first-order chi connectivity index (χ1) is 11.7. The summed E-state index contributed by atoms with van der Waals surface area (Å²) in [5.74, 6) is 0.227. The van der Waals surface area contributed by atoms with Crippen LogP contribution in [0.1, 0.15) is 43.2 Å². The predicted octanol–water partition coefficient (Wildman–Crippen LogP) is 2.33. The van der Waals surface area contributed by atoms with Gasteiger partial charge in [0.15, 0.2) is 0 Å². The van der Waals surface area contributed by atoms with Crippen molar-refractivity contribution in [3.05, 3.63) is 48.0 Å². The summed E-state index contributed by atoms with van der Waals surface area (Å²) in [7, 11) is 0. The predicted molar refractivity (Wildman–Crippen MR) is 90.0 cm³/mol. The molecule has 1 aromatic carbocycles. The van der Waals surface area contributed by atoms with Gasteiger partial charge in [0, 0.05) is 18.6 Å². The topological polar surface area (TPSA) is 60.0 Å². The molecule has 4 rings (SSSR count). The van der Waals surface area contributed by atoms with Gasteiger partial charge in [0.2, 0.25) is 0 Å². The summed E-state index contributed by atoms with van der Waals surface area (Å²) in [4.78, 5) is 4.38. The molecule has 0 radical (unpaired) electrons. The minimum absolute atomic E-state index is 0.180. The number of benzene rings is 1. The van der Waals surface area contributed by atoms with E-state index in [1.807, 2.05) is 16.9 Å². The Hall–Kier alpha value is -1.79. The van der Waals surface area contributed by atoms with Gasteiger partial charge in [-0.2, -0.15) is 15.0 Å². The first-order valence-corrected chi connectivity index (χ1v) is 8.81. The van der Waals surface area contributed by atoms with Gasteiger partial charge >= 0.3 is 0 Å². The molecular weight excluding hydrogens is 305 g/mol. The summed E-state index contributed by atoms with van der Waals surface area (Å²) in [6, 6.07) is 7.84. The standard InChI is InChI=1S/C18H24FN5/c19-15-5-3-13(4-6-15)14-10-17(23-9-1-2-16(20)12-23)18(11-14)24-21-7-8-22-24/h3-8,14,16-18H,1-2,9-12,20H2. The van der Waals surface area contributed by atoms with E-state index in [1.54, 1.807) is 24.5 Å². The van der Waals surface area contributed by atoms with Crippen LogP contribution in [0.3, 0.4) is 0 Å². The lowest BCUT2D eigenvalue weighted by molar-refractivity contribution is 0.114. The molecule has 6 heteroatoms. The third-order valence-corrected chi connectivity index (χ3v) is 5.53. The minimum atomic E-state index is -0.180. The molecular formula is C18H24FN5. The van der Waals surface area contributed by atoms with E-state index in [0.29, 0.717) is 12.0 Å². The maximum absolute atomic E-state index is 13.2. The number of likely N-dealkylation sites (tertiary alicyclic amines) is 1. The summed E-state index contributed by atoms with van der Waals surface area (Å²) >= 11 is 0. The van der Waals surface area contributed by atoms with Crippen LogP contribution in [-0.2, 0) is 0 Å². The number of nitrogens with zero attached hydrogens (tertiary/aromatic N) is 4. The fraction of sp³-hybridized carbons (Fsp3) is 0.556. The molecule has 1 aliphatic heterocycles. The van der Waals surface area contributed by atoms with Crippen LogP contribution in [0.5, 0.6) is 0 Å². The second kappa shape index (κ2) is 6.61. The third kappa shape index (κ3) is 3.08. The Labute approximate surface area is 141 Å². The molecule has 0 bridgehead atoms. The van der Waals surface area contributed by atoms with Crippen LogP contribution in [0.4, 0.5) is 4.39 Å². The molecule has 1 saturated heterocycles. The van der Waals surface area contributed by atoms with Gasteiger partial charge in [-0.05, 0) is 55.8 Å². The Balaban J connectivity index is 1.59. The lowest BCUT2D eigenvalue weighted by atomic mass is 9.97. The summed E-state index contributed by atoms with van der Waals surface area (Å²) in [5.41, 5.74) is 7.40. The van der Waals surface area contributed by atoms with Gasteiger partial charge in [0.25, 0.3) is 0 Å². The Morgan fingerprint density at radius 1 is 1.04 bits per heavy atom. The molecule has 2 heterocycles. The number of rotatable bonds is 3. The van der Waals surface area contributed by atoms with Gasteiger partial charge in [-0.1, -0.05) is 12.1 Å². The number of halogens is 1. The lowest BCUT2D eigenvalue weighted by Crippen LogP contribution is -2.49. The zero-order valence-electron chi connectivity index (χ0n) is 13.8. The van der Waals surface area contributed by atoms with Crippen LogP contribution in [-0.4, -0.2) is 45.1 Å². The first kappa shape index (κ1) is 15.7. The first-order valence-electron chi connectivity index (χ1n) is 8.81. The molecule has 5 nitrogen and oxygen atoms in total. The second-order valence-corrected chi connectivity index (χ2v) is 7.10. The van der Waals surface area contributed by atoms with Crippen LogP contribution in [0.25, 0.3) is 0 Å². The van der Waals surface area contributed by atoms with E-state index in [0.717, 1.165) is 38.8 Å². The number of aromatic nitrogens is 3. The van der Waals surface area contributed by atoms with Gasteiger partial charge < -0.3 is 5.73 Å². The monoisotopic (exact) mass is 329 g/mol. The Bertz CT molecular complexity index is 657. The normalized spacial score (nSPS) is 31.4. The van der Waals surface area contributed by atoms with Crippen molar-refractivity contribution in [1.82, 2.24) is 19.9 Å².